The number of nitrogens with two attached hydrogens (primary N) is 1. The molecule has 0 amide bonds. The smallest absolute Gasteiger partial charge is 1.00 e. The van der Waals surface area contributed by atoms with Crippen LogP contribution in [0, 0.1) is 5.41 Å². The number of rotatable bonds is 4. The van der Waals surface area contributed by atoms with Gasteiger partial charge in [-0.15, -0.1) is 0 Å². The molecule has 0 aromatic rings. The van der Waals surface area contributed by atoms with E-state index in [9.17, 15) is 0 Å². The summed E-state index contributed by atoms with van der Waals surface area (Å²) in [6.07, 6.45) is 8.04. The first-order chi connectivity index (χ1) is 8.11. The molecule has 2 atom stereocenters. The molecule has 0 aliphatic heterocycles. The van der Waals surface area contributed by atoms with Gasteiger partial charge in [-0.2, -0.15) is 0 Å². The van der Waals surface area contributed by atoms with Crippen LogP contribution in [0.3, 0.4) is 0 Å². The second kappa shape index (κ2) is 8.11. The van der Waals surface area contributed by atoms with Crippen molar-refractivity contribution < 1.29 is 48.3 Å². The first-order valence-electron chi connectivity index (χ1n) is 6.95. The number of allylic oxidation sites excluding steroid dienone is 4. The predicted octanol–water partition coefficient (Wildman–Crippen LogP) is -1.69. The average Bonchev–Trinajstić information content (AvgIpc) is 2.78. The van der Waals surface area contributed by atoms with Gasteiger partial charge in [0.15, 0.2) is 0 Å². The Hall–Kier alpha value is 1.12. The average molecular weight is 414 g/mol. The molecule has 5 heteroatoms. The van der Waals surface area contributed by atoms with Crippen molar-refractivity contribution in [3.8, 4) is 0 Å². The molecule has 1 aliphatic rings. The summed E-state index contributed by atoms with van der Waals surface area (Å²) in [7, 11) is -0.842. The van der Waals surface area contributed by atoms with Crippen LogP contribution in [-0.4, -0.2) is 8.80 Å². The fourth-order valence-electron chi connectivity index (χ4n) is 3.25. The van der Waals surface area contributed by atoms with Crippen molar-refractivity contribution in [1.29, 1.82) is 0 Å². The van der Waals surface area contributed by atoms with Gasteiger partial charge in [0, 0.05) is 0 Å². The molecule has 20 heavy (non-hydrogen) atoms. The third-order valence-corrected chi connectivity index (χ3v) is 13.9. The normalized spacial score (nSPS) is 20.1. The Morgan fingerprint density at radius 2 is 1.60 bits per heavy atom. The van der Waals surface area contributed by atoms with Gasteiger partial charge in [-0.1, -0.05) is 0 Å². The van der Waals surface area contributed by atoms with Crippen molar-refractivity contribution in [3.63, 3.8) is 0 Å². The molecular formula is C15H29Cl2NSiZr. The molecule has 0 bridgehead atoms. The van der Waals surface area contributed by atoms with E-state index in [-0.39, 0.29) is 24.8 Å². The van der Waals surface area contributed by atoms with Gasteiger partial charge in [-0.3, -0.25) is 0 Å². The summed E-state index contributed by atoms with van der Waals surface area (Å²) in [5.74, 6) is 0. The van der Waals surface area contributed by atoms with Gasteiger partial charge in [0.25, 0.3) is 0 Å². The second-order valence-corrected chi connectivity index (χ2v) is 13.8. The minimum atomic E-state index is -0.889. The molecule has 116 valence electrons. The van der Waals surface area contributed by atoms with Crippen LogP contribution < -0.4 is 28.5 Å². The van der Waals surface area contributed by atoms with Crippen LogP contribution in [0.1, 0.15) is 41.0 Å². The van der Waals surface area contributed by atoms with Crippen LogP contribution in [0.2, 0.25) is 21.3 Å². The maximum atomic E-state index is 6.43. The minimum Gasteiger partial charge on any atom is -1.00 e. The fraction of sp³-hybridized carbons (Fsp3) is 0.733. The van der Waals surface area contributed by atoms with Crippen LogP contribution in [0.5, 0.6) is 0 Å². The molecule has 2 N–H and O–H groups in total. The fourth-order valence-corrected chi connectivity index (χ4v) is 10.6. The van der Waals surface area contributed by atoms with Crippen molar-refractivity contribution in [3.05, 3.63) is 23.8 Å². The molecule has 0 spiro atoms. The largest absolute Gasteiger partial charge is 1.00 e. The molecular weight excluding hydrogens is 384 g/mol. The first-order valence-corrected chi connectivity index (χ1v) is 12.5. The molecule has 1 aliphatic carbocycles. The van der Waals surface area contributed by atoms with E-state index < -0.39 is 32.3 Å². The molecule has 0 fully saturated rings. The van der Waals surface area contributed by atoms with Crippen molar-refractivity contribution in [2.45, 2.75) is 62.3 Å². The van der Waals surface area contributed by atoms with E-state index in [1.165, 1.54) is 0 Å². The second-order valence-electron chi connectivity index (χ2n) is 7.20. The van der Waals surface area contributed by atoms with E-state index in [2.05, 4.69) is 65.9 Å². The molecule has 1 rings (SSSR count). The Morgan fingerprint density at radius 1 is 1.10 bits per heavy atom. The summed E-state index contributed by atoms with van der Waals surface area (Å²) < 4.78 is 6.75. The van der Waals surface area contributed by atoms with Gasteiger partial charge in [-0.25, -0.2) is 0 Å². The monoisotopic (exact) mass is 411 g/mol. The summed E-state index contributed by atoms with van der Waals surface area (Å²) in [5, 5.41) is 0.357. The zero-order chi connectivity index (χ0) is 14.2. The van der Waals surface area contributed by atoms with E-state index in [1.807, 2.05) is 0 Å². The standard InChI is InChI=1S/C15H27Si.2ClH.H2N.Zr/c1-12(14(2,3)4)15(5,16(6)7)13-10-8-9-11-13;;;;/h8-10,16H,11H2,1-7H3;2*1H;1H2;/q;;;-1;+3/p-2. The van der Waals surface area contributed by atoms with Crippen LogP contribution >= 0.6 is 0 Å². The summed E-state index contributed by atoms with van der Waals surface area (Å²) in [6.45, 7) is 17.2. The summed E-state index contributed by atoms with van der Waals surface area (Å²) >= 11 is -0.889. The quantitative estimate of drug-likeness (QED) is 0.547. The topological polar surface area (TPSA) is 26.0 Å². The van der Waals surface area contributed by atoms with Crippen LogP contribution in [-0.2, 0) is 23.5 Å². The third kappa shape index (κ3) is 3.71. The molecule has 2 unspecified atom stereocenters. The van der Waals surface area contributed by atoms with E-state index in [0.29, 0.717) is 13.6 Å². The van der Waals surface area contributed by atoms with E-state index in [0.717, 1.165) is 6.42 Å². The molecule has 0 radical (unpaired) electrons. The summed E-state index contributed by atoms with van der Waals surface area (Å²) in [6, 6.07) is 0. The maximum absolute atomic E-state index is 6.43. The van der Waals surface area contributed by atoms with Crippen molar-refractivity contribution >= 4 is 8.80 Å². The Bertz CT molecular complexity index is 377. The van der Waals surface area contributed by atoms with E-state index >= 15 is 0 Å². The molecule has 0 saturated heterocycles. The van der Waals surface area contributed by atoms with Crippen molar-refractivity contribution in [1.82, 2.24) is 0 Å². The maximum Gasteiger partial charge on any atom is -1.00 e. The zero-order valence-corrected chi connectivity index (χ0v) is 19.0. The predicted molar refractivity (Wildman–Crippen MR) is 81.1 cm³/mol. The van der Waals surface area contributed by atoms with Gasteiger partial charge < -0.3 is 24.8 Å². The SMILES string of the molecule is C[SiH](C)C(C)(C1=CC=CC1)[C](C)([Zr+2][NH2])C(C)(C)C.[Cl-].[Cl-]. The Kier molecular flexibility index (Phi) is 9.48. The van der Waals surface area contributed by atoms with Gasteiger partial charge in [0.1, 0.15) is 0 Å². The number of halogens is 2. The summed E-state index contributed by atoms with van der Waals surface area (Å²) in [5.41, 5.74) is 1.94. The van der Waals surface area contributed by atoms with E-state index in [1.54, 1.807) is 5.57 Å². The van der Waals surface area contributed by atoms with Gasteiger partial charge in [0.2, 0.25) is 0 Å². The zero-order valence-electron chi connectivity index (χ0n) is 13.8. The molecule has 1 nitrogen and oxygen atoms in total. The van der Waals surface area contributed by atoms with Crippen LogP contribution in [0.4, 0.5) is 0 Å². The number of hydrogen-bond acceptors (Lipinski definition) is 1. The van der Waals surface area contributed by atoms with Crippen LogP contribution in [0.25, 0.3) is 0 Å². The van der Waals surface area contributed by atoms with Gasteiger partial charge in [0.05, 0.1) is 0 Å². The van der Waals surface area contributed by atoms with E-state index in [4.69, 9.17) is 3.68 Å². The van der Waals surface area contributed by atoms with Gasteiger partial charge >= 0.3 is 128 Å². The molecule has 0 heterocycles. The molecule has 0 aromatic heterocycles. The van der Waals surface area contributed by atoms with Crippen molar-refractivity contribution in [2.24, 2.45) is 9.09 Å². The van der Waals surface area contributed by atoms with Crippen LogP contribution in [0.15, 0.2) is 23.8 Å². The Balaban J connectivity index is 0. The summed E-state index contributed by atoms with van der Waals surface area (Å²) in [4.78, 5) is 0. The third-order valence-electron chi connectivity index (χ3n) is 5.42. The Labute approximate surface area is 151 Å². The number of hydrogen-bond donors (Lipinski definition) is 1. The molecule has 0 saturated carbocycles. The molecule has 0 aromatic carbocycles. The first kappa shape index (κ1) is 23.4. The minimum absolute atomic E-state index is 0. The van der Waals surface area contributed by atoms with Gasteiger partial charge in [-0.05, 0) is 0 Å². The Morgan fingerprint density at radius 3 is 1.85 bits per heavy atom. The van der Waals surface area contributed by atoms with Crippen molar-refractivity contribution in [2.75, 3.05) is 0 Å².